The fourth-order valence-electron chi connectivity index (χ4n) is 1.75. The molecule has 1 aromatic heterocycles. The molecule has 1 aromatic carbocycles. The molecule has 100 valence electrons. The van der Waals surface area contributed by atoms with Gasteiger partial charge in [-0.15, -0.1) is 0 Å². The third kappa shape index (κ3) is 2.41. The van der Waals surface area contributed by atoms with Crippen molar-refractivity contribution in [1.82, 2.24) is 5.16 Å². The van der Waals surface area contributed by atoms with Gasteiger partial charge in [-0.05, 0) is 18.6 Å². The summed E-state index contributed by atoms with van der Waals surface area (Å²) in [4.78, 5) is 0. The molecule has 18 heavy (non-hydrogen) atoms. The summed E-state index contributed by atoms with van der Waals surface area (Å²) in [6.07, 6.45) is 0. The summed E-state index contributed by atoms with van der Waals surface area (Å²) >= 11 is 0. The van der Waals surface area contributed by atoms with E-state index in [0.717, 1.165) is 16.5 Å². The van der Waals surface area contributed by atoms with Crippen LogP contribution >= 0.6 is 0 Å². The summed E-state index contributed by atoms with van der Waals surface area (Å²) < 4.78 is 15.6. The molecule has 2 rings (SSSR count). The van der Waals surface area contributed by atoms with Crippen molar-refractivity contribution in [3.8, 4) is 5.75 Å². The molecule has 0 bridgehead atoms. The summed E-state index contributed by atoms with van der Waals surface area (Å²) in [6.45, 7) is 6.44. The first kappa shape index (κ1) is 14.3. The Kier molecular flexibility index (Phi) is 4.97. The first-order valence-electron chi connectivity index (χ1n) is 5.89. The maximum absolute atomic E-state index is 5.73. The molecule has 2 aromatic rings. The lowest BCUT2D eigenvalue weighted by Crippen LogP contribution is -1.96. The van der Waals surface area contributed by atoms with Crippen LogP contribution in [0.5, 0.6) is 5.75 Å². The summed E-state index contributed by atoms with van der Waals surface area (Å²) in [5, 5.41) is 4.47. The molecule has 0 saturated heterocycles. The molecule has 0 amide bonds. The SMILES string of the molecule is CC.COCc1cc(OC)c2c(N)noc2c1C. The number of anilines is 1. The van der Waals surface area contributed by atoms with Gasteiger partial charge in [0.1, 0.15) is 11.1 Å². The van der Waals surface area contributed by atoms with Crippen molar-refractivity contribution in [3.05, 3.63) is 17.2 Å². The van der Waals surface area contributed by atoms with Gasteiger partial charge in [0, 0.05) is 12.7 Å². The molecule has 0 atom stereocenters. The van der Waals surface area contributed by atoms with Crippen molar-refractivity contribution in [2.45, 2.75) is 27.4 Å². The average molecular weight is 252 g/mol. The van der Waals surface area contributed by atoms with Crippen molar-refractivity contribution in [2.75, 3.05) is 20.0 Å². The van der Waals surface area contributed by atoms with E-state index in [4.69, 9.17) is 19.7 Å². The van der Waals surface area contributed by atoms with Gasteiger partial charge in [0.2, 0.25) is 0 Å². The van der Waals surface area contributed by atoms with E-state index >= 15 is 0 Å². The van der Waals surface area contributed by atoms with Gasteiger partial charge in [-0.25, -0.2) is 0 Å². The summed E-state index contributed by atoms with van der Waals surface area (Å²) in [6, 6.07) is 1.90. The Bertz CT molecular complexity index is 520. The Labute approximate surface area is 107 Å². The van der Waals surface area contributed by atoms with Gasteiger partial charge in [-0.1, -0.05) is 19.0 Å². The van der Waals surface area contributed by atoms with Gasteiger partial charge in [-0.3, -0.25) is 0 Å². The number of ether oxygens (including phenoxy) is 2. The Hall–Kier alpha value is -1.75. The molecule has 0 unspecified atom stereocenters. The minimum atomic E-state index is 0.346. The van der Waals surface area contributed by atoms with E-state index in [1.807, 2.05) is 26.8 Å². The minimum absolute atomic E-state index is 0.346. The monoisotopic (exact) mass is 252 g/mol. The molecular formula is C13H20N2O3. The van der Waals surface area contributed by atoms with Gasteiger partial charge in [-0.2, -0.15) is 0 Å². The topological polar surface area (TPSA) is 70.5 Å². The van der Waals surface area contributed by atoms with Crippen LogP contribution in [-0.4, -0.2) is 19.4 Å². The number of methoxy groups -OCH3 is 2. The van der Waals surface area contributed by atoms with E-state index in [-0.39, 0.29) is 0 Å². The van der Waals surface area contributed by atoms with Crippen molar-refractivity contribution in [3.63, 3.8) is 0 Å². The number of benzene rings is 1. The van der Waals surface area contributed by atoms with Crippen LogP contribution in [-0.2, 0) is 11.3 Å². The molecule has 0 aliphatic heterocycles. The first-order valence-corrected chi connectivity index (χ1v) is 5.89. The fraction of sp³-hybridized carbons (Fsp3) is 0.462. The number of nitrogens with two attached hydrogens (primary N) is 1. The standard InChI is InChI=1S/C11H14N2O3.C2H6/c1-6-7(5-14-2)4-8(15-3)9-10(6)16-13-11(9)12;1-2/h4H,5H2,1-3H3,(H2,12,13);1-2H3. The Morgan fingerprint density at radius 3 is 2.56 bits per heavy atom. The van der Waals surface area contributed by atoms with E-state index in [1.54, 1.807) is 14.2 Å². The van der Waals surface area contributed by atoms with E-state index in [2.05, 4.69) is 5.16 Å². The lowest BCUT2D eigenvalue weighted by molar-refractivity contribution is 0.184. The highest BCUT2D eigenvalue weighted by Gasteiger charge is 2.16. The van der Waals surface area contributed by atoms with Crippen LogP contribution in [0.2, 0.25) is 0 Å². The summed E-state index contributed by atoms with van der Waals surface area (Å²) in [5.41, 5.74) is 8.36. The maximum atomic E-state index is 5.73. The predicted molar refractivity (Wildman–Crippen MR) is 71.8 cm³/mol. The van der Waals surface area contributed by atoms with Crippen molar-refractivity contribution >= 4 is 16.8 Å². The van der Waals surface area contributed by atoms with Gasteiger partial charge < -0.3 is 19.7 Å². The Morgan fingerprint density at radius 1 is 1.33 bits per heavy atom. The van der Waals surface area contributed by atoms with Crippen LogP contribution in [0.25, 0.3) is 11.0 Å². The highest BCUT2D eigenvalue weighted by molar-refractivity contribution is 5.95. The fourth-order valence-corrected chi connectivity index (χ4v) is 1.75. The normalized spacial score (nSPS) is 10.1. The number of nitrogens with zero attached hydrogens (tertiary/aromatic N) is 1. The lowest BCUT2D eigenvalue weighted by atomic mass is 10.1. The van der Waals surface area contributed by atoms with Gasteiger partial charge in [0.15, 0.2) is 11.4 Å². The molecule has 0 fully saturated rings. The lowest BCUT2D eigenvalue weighted by Gasteiger charge is -2.08. The minimum Gasteiger partial charge on any atom is -0.496 e. The third-order valence-corrected chi connectivity index (χ3v) is 2.61. The highest BCUT2D eigenvalue weighted by atomic mass is 16.5. The Morgan fingerprint density at radius 2 is 2.00 bits per heavy atom. The largest absolute Gasteiger partial charge is 0.496 e. The smallest absolute Gasteiger partial charge is 0.178 e. The maximum Gasteiger partial charge on any atom is 0.178 e. The average Bonchev–Trinajstić information content (AvgIpc) is 2.78. The Balaban J connectivity index is 0.000000771. The molecule has 1 heterocycles. The van der Waals surface area contributed by atoms with Gasteiger partial charge in [0.25, 0.3) is 0 Å². The van der Waals surface area contributed by atoms with E-state index in [1.165, 1.54) is 0 Å². The van der Waals surface area contributed by atoms with E-state index < -0.39 is 0 Å². The predicted octanol–water partition coefficient (Wildman–Crippen LogP) is 2.90. The number of fused-ring (bicyclic) bond motifs is 1. The molecular weight excluding hydrogens is 232 g/mol. The highest BCUT2D eigenvalue weighted by Crippen LogP contribution is 2.35. The summed E-state index contributed by atoms with van der Waals surface area (Å²) in [7, 11) is 3.23. The summed E-state index contributed by atoms with van der Waals surface area (Å²) in [5.74, 6) is 1.00. The van der Waals surface area contributed by atoms with Crippen molar-refractivity contribution in [1.29, 1.82) is 0 Å². The first-order chi connectivity index (χ1) is 8.69. The molecule has 2 N–H and O–H groups in total. The van der Waals surface area contributed by atoms with E-state index in [9.17, 15) is 0 Å². The van der Waals surface area contributed by atoms with Crippen LogP contribution in [0.15, 0.2) is 10.6 Å². The zero-order valence-corrected chi connectivity index (χ0v) is 11.5. The second kappa shape index (κ2) is 6.26. The van der Waals surface area contributed by atoms with Crippen molar-refractivity contribution < 1.29 is 14.0 Å². The quantitative estimate of drug-likeness (QED) is 0.909. The molecule has 0 saturated carbocycles. The zero-order chi connectivity index (χ0) is 13.7. The number of nitrogen functional groups attached to an aromatic ring is 1. The molecule has 0 radical (unpaired) electrons. The second-order valence-corrected chi connectivity index (χ2v) is 3.57. The van der Waals surface area contributed by atoms with Crippen LogP contribution in [0.1, 0.15) is 25.0 Å². The number of hydrogen-bond acceptors (Lipinski definition) is 5. The molecule has 0 aliphatic rings. The molecule has 5 heteroatoms. The zero-order valence-electron chi connectivity index (χ0n) is 11.5. The van der Waals surface area contributed by atoms with Gasteiger partial charge >= 0.3 is 0 Å². The van der Waals surface area contributed by atoms with Crippen LogP contribution in [0.3, 0.4) is 0 Å². The molecule has 0 spiro atoms. The van der Waals surface area contributed by atoms with Crippen LogP contribution in [0, 0.1) is 6.92 Å². The number of aryl methyl sites for hydroxylation is 1. The van der Waals surface area contributed by atoms with Crippen LogP contribution in [0.4, 0.5) is 5.82 Å². The van der Waals surface area contributed by atoms with Crippen molar-refractivity contribution in [2.24, 2.45) is 0 Å². The van der Waals surface area contributed by atoms with E-state index in [0.29, 0.717) is 23.8 Å². The number of rotatable bonds is 3. The third-order valence-electron chi connectivity index (χ3n) is 2.61. The molecule has 0 aliphatic carbocycles. The van der Waals surface area contributed by atoms with Crippen LogP contribution < -0.4 is 10.5 Å². The molecule has 5 nitrogen and oxygen atoms in total. The number of aromatic nitrogens is 1. The second-order valence-electron chi connectivity index (χ2n) is 3.57. The van der Waals surface area contributed by atoms with Gasteiger partial charge in [0.05, 0.1) is 13.7 Å². The number of hydrogen-bond donors (Lipinski definition) is 1.